The lowest BCUT2D eigenvalue weighted by atomic mass is 10.0. The number of ketones is 1. The summed E-state index contributed by atoms with van der Waals surface area (Å²) in [6.45, 7) is 4.93. The minimum atomic E-state index is -1.93. The molecule has 0 fully saturated rings. The molecule has 1 aromatic carbocycles. The van der Waals surface area contributed by atoms with Gasteiger partial charge in [-0.1, -0.05) is 6.07 Å². The molecule has 0 radical (unpaired) electrons. The molecule has 1 unspecified atom stereocenters. The van der Waals surface area contributed by atoms with Crippen LogP contribution in [0.3, 0.4) is 0 Å². The van der Waals surface area contributed by atoms with Gasteiger partial charge >= 0.3 is 6.09 Å². The summed E-state index contributed by atoms with van der Waals surface area (Å²) in [7, 11) is 0. The van der Waals surface area contributed by atoms with Crippen molar-refractivity contribution in [2.75, 3.05) is 10.6 Å². The summed E-state index contributed by atoms with van der Waals surface area (Å²) >= 11 is 0. The number of hydrogen-bond acceptors (Lipinski definition) is 6. The van der Waals surface area contributed by atoms with Gasteiger partial charge in [0, 0.05) is 6.20 Å². The molecule has 2 aromatic rings. The third-order valence-corrected chi connectivity index (χ3v) is 3.54. The van der Waals surface area contributed by atoms with Gasteiger partial charge in [0.05, 0.1) is 17.4 Å². The van der Waals surface area contributed by atoms with E-state index in [1.54, 1.807) is 20.8 Å². The first-order valence-corrected chi connectivity index (χ1v) is 8.67. The Morgan fingerprint density at radius 1 is 1.10 bits per heavy atom. The monoisotopic (exact) mass is 416 g/mol. The fourth-order valence-electron chi connectivity index (χ4n) is 2.29. The Balaban J connectivity index is 2.25. The van der Waals surface area contributed by atoms with Gasteiger partial charge in [0.1, 0.15) is 11.3 Å². The molecule has 0 saturated carbocycles. The van der Waals surface area contributed by atoms with Gasteiger partial charge in [-0.2, -0.15) is 5.26 Å². The molecule has 1 heterocycles. The molecule has 8 nitrogen and oxygen atoms in total. The molecular weight excluding hydrogens is 398 g/mol. The number of ether oxygens (including phenoxy) is 1. The number of rotatable bonds is 5. The average Bonchev–Trinajstić information content (AvgIpc) is 2.65. The molecule has 1 aromatic heterocycles. The third kappa shape index (κ3) is 5.57. The van der Waals surface area contributed by atoms with Crippen molar-refractivity contribution in [1.29, 1.82) is 5.26 Å². The van der Waals surface area contributed by atoms with Gasteiger partial charge in [0.25, 0.3) is 0 Å². The SMILES string of the molecule is CC(C)(C)OC(=O)Nc1cccnc1C(=O)C(C#N)C(=O)Nc1cccc(F)c1F. The second kappa shape index (κ2) is 9.09. The number of pyridine rings is 1. The van der Waals surface area contributed by atoms with Crippen LogP contribution in [-0.4, -0.2) is 28.4 Å². The first-order chi connectivity index (χ1) is 14.0. The van der Waals surface area contributed by atoms with Crippen LogP contribution in [0.15, 0.2) is 36.5 Å². The van der Waals surface area contributed by atoms with E-state index < -0.39 is 46.6 Å². The fraction of sp³-hybridized carbons (Fsp3) is 0.250. The largest absolute Gasteiger partial charge is 0.444 e. The van der Waals surface area contributed by atoms with Gasteiger partial charge < -0.3 is 10.1 Å². The molecule has 0 spiro atoms. The van der Waals surface area contributed by atoms with Gasteiger partial charge in [-0.05, 0) is 45.0 Å². The van der Waals surface area contributed by atoms with E-state index >= 15 is 0 Å². The zero-order valence-electron chi connectivity index (χ0n) is 16.3. The highest BCUT2D eigenvalue weighted by atomic mass is 19.2. The highest BCUT2D eigenvalue weighted by molar-refractivity contribution is 6.17. The molecule has 1 atom stereocenters. The Labute approximate surface area is 170 Å². The summed E-state index contributed by atoms with van der Waals surface area (Å²) in [5.41, 5.74) is -1.78. The molecule has 2 rings (SSSR count). The number of Topliss-reactive ketones (excluding diaryl/α,β-unsaturated/α-hetero) is 1. The summed E-state index contributed by atoms with van der Waals surface area (Å²) in [6, 6.07) is 7.35. The topological polar surface area (TPSA) is 121 Å². The molecule has 30 heavy (non-hydrogen) atoms. The average molecular weight is 416 g/mol. The molecule has 0 aliphatic rings. The van der Waals surface area contributed by atoms with Gasteiger partial charge in [0.15, 0.2) is 17.6 Å². The summed E-state index contributed by atoms with van der Waals surface area (Å²) in [4.78, 5) is 40.9. The number of nitriles is 1. The van der Waals surface area contributed by atoms with Crippen LogP contribution in [0, 0.1) is 28.9 Å². The molecule has 2 amide bonds. The van der Waals surface area contributed by atoms with Crippen molar-refractivity contribution >= 4 is 29.2 Å². The number of nitrogens with zero attached hydrogens (tertiary/aromatic N) is 2. The lowest BCUT2D eigenvalue weighted by molar-refractivity contribution is -0.117. The number of anilines is 2. The van der Waals surface area contributed by atoms with E-state index in [-0.39, 0.29) is 11.4 Å². The van der Waals surface area contributed by atoms with Crippen molar-refractivity contribution in [3.63, 3.8) is 0 Å². The number of amides is 2. The minimum Gasteiger partial charge on any atom is -0.444 e. The Bertz CT molecular complexity index is 1030. The number of halogens is 2. The number of hydrogen-bond donors (Lipinski definition) is 2. The Hall–Kier alpha value is -3.87. The number of benzene rings is 1. The zero-order chi connectivity index (χ0) is 22.5. The van der Waals surface area contributed by atoms with Crippen molar-refractivity contribution in [3.05, 3.63) is 53.9 Å². The van der Waals surface area contributed by atoms with Crippen LogP contribution in [0.4, 0.5) is 25.0 Å². The van der Waals surface area contributed by atoms with Crippen LogP contribution >= 0.6 is 0 Å². The highest BCUT2D eigenvalue weighted by Crippen LogP contribution is 2.21. The van der Waals surface area contributed by atoms with Crippen molar-refractivity contribution < 1.29 is 27.9 Å². The molecule has 156 valence electrons. The Kier molecular flexibility index (Phi) is 6.79. The minimum absolute atomic E-state index is 0.0817. The van der Waals surface area contributed by atoms with E-state index in [1.165, 1.54) is 24.4 Å². The molecular formula is C20H18F2N4O4. The van der Waals surface area contributed by atoms with E-state index in [9.17, 15) is 28.4 Å². The summed E-state index contributed by atoms with van der Waals surface area (Å²) in [5.74, 6) is -6.69. The molecule has 10 heteroatoms. The Morgan fingerprint density at radius 2 is 1.77 bits per heavy atom. The van der Waals surface area contributed by atoms with Crippen LogP contribution in [0.5, 0.6) is 0 Å². The highest BCUT2D eigenvalue weighted by Gasteiger charge is 2.31. The number of nitrogens with one attached hydrogen (secondary N) is 2. The Morgan fingerprint density at radius 3 is 2.40 bits per heavy atom. The van der Waals surface area contributed by atoms with Crippen LogP contribution < -0.4 is 10.6 Å². The normalized spacial score (nSPS) is 11.7. The maximum Gasteiger partial charge on any atom is 0.412 e. The van der Waals surface area contributed by atoms with Gasteiger partial charge in [0.2, 0.25) is 11.7 Å². The quantitative estimate of drug-likeness (QED) is 0.567. The number of aromatic nitrogens is 1. The van der Waals surface area contributed by atoms with Crippen LogP contribution in [0.25, 0.3) is 0 Å². The number of carbonyl (C=O) groups is 3. The second-order valence-corrected chi connectivity index (χ2v) is 7.04. The van der Waals surface area contributed by atoms with Crippen molar-refractivity contribution in [1.82, 2.24) is 4.98 Å². The van der Waals surface area contributed by atoms with Gasteiger partial charge in [-0.15, -0.1) is 0 Å². The lowest BCUT2D eigenvalue weighted by Crippen LogP contribution is -2.31. The lowest BCUT2D eigenvalue weighted by Gasteiger charge is -2.20. The smallest absolute Gasteiger partial charge is 0.412 e. The molecule has 2 N–H and O–H groups in total. The predicted octanol–water partition coefficient (Wildman–Crippen LogP) is 3.67. The van der Waals surface area contributed by atoms with E-state index in [0.29, 0.717) is 0 Å². The van der Waals surface area contributed by atoms with Crippen molar-refractivity contribution in [2.45, 2.75) is 26.4 Å². The maximum absolute atomic E-state index is 13.8. The molecule has 0 aliphatic carbocycles. The first kappa shape index (κ1) is 22.4. The van der Waals surface area contributed by atoms with Crippen LogP contribution in [0.1, 0.15) is 31.3 Å². The summed E-state index contributed by atoms with van der Waals surface area (Å²) in [6.07, 6.45) is 0.357. The molecule has 0 saturated heterocycles. The van der Waals surface area contributed by atoms with E-state index in [0.717, 1.165) is 18.2 Å². The van der Waals surface area contributed by atoms with Crippen molar-refractivity contribution in [3.8, 4) is 6.07 Å². The first-order valence-electron chi connectivity index (χ1n) is 8.67. The van der Waals surface area contributed by atoms with Gasteiger partial charge in [-0.25, -0.2) is 13.6 Å². The number of carbonyl (C=O) groups excluding carboxylic acids is 3. The second-order valence-electron chi connectivity index (χ2n) is 7.04. The van der Waals surface area contributed by atoms with Crippen LogP contribution in [-0.2, 0) is 9.53 Å². The molecule has 0 aliphatic heterocycles. The molecule has 0 bridgehead atoms. The van der Waals surface area contributed by atoms with E-state index in [4.69, 9.17) is 4.74 Å². The summed E-state index contributed by atoms with van der Waals surface area (Å²) < 4.78 is 32.2. The standard InChI is InChI=1S/C20H18F2N4O4/c1-20(2,3)30-19(29)26-14-8-5-9-24-16(14)17(27)11(10-23)18(28)25-13-7-4-6-12(21)15(13)22/h4-9,11H,1-3H3,(H,25,28)(H,26,29). The zero-order valence-corrected chi connectivity index (χ0v) is 16.3. The summed E-state index contributed by atoms with van der Waals surface area (Å²) in [5, 5.41) is 13.7. The third-order valence-electron chi connectivity index (χ3n) is 3.54. The van der Waals surface area contributed by atoms with Crippen molar-refractivity contribution in [2.24, 2.45) is 5.92 Å². The fourth-order valence-corrected chi connectivity index (χ4v) is 2.29. The predicted molar refractivity (Wildman–Crippen MR) is 103 cm³/mol. The van der Waals surface area contributed by atoms with Gasteiger partial charge in [-0.3, -0.25) is 19.9 Å². The van der Waals surface area contributed by atoms with E-state index in [1.807, 2.05) is 5.32 Å². The maximum atomic E-state index is 13.8. The van der Waals surface area contributed by atoms with Crippen LogP contribution in [0.2, 0.25) is 0 Å². The van der Waals surface area contributed by atoms with E-state index in [2.05, 4.69) is 10.3 Å².